The molecule has 0 aliphatic heterocycles. The van der Waals surface area contributed by atoms with Crippen LogP contribution in [0.25, 0.3) is 0 Å². The summed E-state index contributed by atoms with van der Waals surface area (Å²) in [5.41, 5.74) is 0. The van der Waals surface area contributed by atoms with Crippen LogP contribution in [0, 0.1) is 3.57 Å². The number of aryl methyl sites for hydroxylation is 1. The van der Waals surface area contributed by atoms with Gasteiger partial charge < -0.3 is 0 Å². The average Bonchev–Trinajstić information content (AvgIpc) is 2.33. The maximum absolute atomic E-state index is 10.4. The third-order valence-corrected chi connectivity index (χ3v) is 2.75. The molecular weight excluding hydrogens is 307 g/mol. The van der Waals surface area contributed by atoms with Crippen LogP contribution in [0.4, 0.5) is 0 Å². The molecule has 0 amide bonds. The van der Waals surface area contributed by atoms with Gasteiger partial charge in [0.25, 0.3) is 10.1 Å². The molecule has 5 nitrogen and oxygen atoms in total. The van der Waals surface area contributed by atoms with Gasteiger partial charge in [-0.2, -0.15) is 13.5 Å². The molecule has 0 saturated heterocycles. The Balaban J connectivity index is 2.36. The quantitative estimate of drug-likeness (QED) is 0.658. The minimum atomic E-state index is -3.83. The summed E-state index contributed by atoms with van der Waals surface area (Å²) >= 11 is 2.12. The van der Waals surface area contributed by atoms with Crippen LogP contribution in [0.3, 0.4) is 0 Å². The molecule has 0 aliphatic carbocycles. The van der Waals surface area contributed by atoms with Crippen molar-refractivity contribution >= 4 is 32.7 Å². The lowest BCUT2D eigenvalue weighted by atomic mass is 10.5. The maximum Gasteiger partial charge on any atom is 0.264 e. The fourth-order valence-corrected chi connectivity index (χ4v) is 1.81. The topological polar surface area (TPSA) is 72.2 Å². The zero-order chi connectivity index (χ0) is 9.90. The van der Waals surface area contributed by atoms with E-state index in [1.807, 2.05) is 6.20 Å². The molecule has 0 atom stereocenters. The van der Waals surface area contributed by atoms with Gasteiger partial charge in [-0.25, -0.2) is 0 Å². The molecule has 1 aromatic heterocycles. The molecule has 1 aromatic rings. The van der Waals surface area contributed by atoms with Gasteiger partial charge in [0.05, 0.1) is 15.5 Å². The number of halogens is 1. The van der Waals surface area contributed by atoms with Crippen molar-refractivity contribution in [2.75, 3.05) is 5.75 Å². The SMILES string of the molecule is O=S(=O)(O)CCCn1cc(I)cn1. The Hall–Kier alpha value is -0.150. The highest BCUT2D eigenvalue weighted by Gasteiger charge is 2.03. The van der Waals surface area contributed by atoms with E-state index in [4.69, 9.17) is 4.55 Å². The first-order chi connectivity index (χ1) is 5.97. The van der Waals surface area contributed by atoms with Gasteiger partial charge in [0, 0.05) is 12.7 Å². The van der Waals surface area contributed by atoms with Crippen molar-refractivity contribution in [3.05, 3.63) is 16.0 Å². The van der Waals surface area contributed by atoms with Gasteiger partial charge in [0.2, 0.25) is 0 Å². The van der Waals surface area contributed by atoms with E-state index in [1.165, 1.54) is 0 Å². The fraction of sp³-hybridized carbons (Fsp3) is 0.500. The molecule has 1 rings (SSSR count). The van der Waals surface area contributed by atoms with Crippen LogP contribution in [0.1, 0.15) is 6.42 Å². The second-order valence-corrected chi connectivity index (χ2v) is 5.38. The molecule has 7 heteroatoms. The van der Waals surface area contributed by atoms with Crippen molar-refractivity contribution in [1.82, 2.24) is 9.78 Å². The second-order valence-electron chi connectivity index (χ2n) is 2.56. The van der Waals surface area contributed by atoms with E-state index in [1.54, 1.807) is 10.9 Å². The minimum absolute atomic E-state index is 0.219. The summed E-state index contributed by atoms with van der Waals surface area (Å²) in [7, 11) is -3.83. The van der Waals surface area contributed by atoms with Crippen LogP contribution >= 0.6 is 22.6 Å². The standard InChI is InChI=1S/C6H9IN2O3S/c7-6-4-8-9(5-6)2-1-3-13(10,11)12/h4-5H,1-3H2,(H,10,11,12). The molecule has 0 bridgehead atoms. The van der Waals surface area contributed by atoms with Crippen LogP contribution in [0.5, 0.6) is 0 Å². The molecule has 13 heavy (non-hydrogen) atoms. The number of aromatic nitrogens is 2. The highest BCUT2D eigenvalue weighted by atomic mass is 127. The van der Waals surface area contributed by atoms with E-state index in [2.05, 4.69) is 27.7 Å². The van der Waals surface area contributed by atoms with Crippen LogP contribution < -0.4 is 0 Å². The van der Waals surface area contributed by atoms with Gasteiger partial charge in [-0.05, 0) is 29.0 Å². The normalized spacial score (nSPS) is 11.8. The molecule has 0 aliphatic rings. The van der Waals surface area contributed by atoms with E-state index in [0.717, 1.165) is 3.57 Å². The summed E-state index contributed by atoms with van der Waals surface area (Å²) in [6.07, 6.45) is 3.87. The van der Waals surface area contributed by atoms with Crippen molar-refractivity contribution < 1.29 is 13.0 Å². The summed E-state index contributed by atoms with van der Waals surface area (Å²) in [5, 5.41) is 3.97. The van der Waals surface area contributed by atoms with Crippen molar-refractivity contribution in [1.29, 1.82) is 0 Å². The lowest BCUT2D eigenvalue weighted by Crippen LogP contribution is -2.08. The van der Waals surface area contributed by atoms with Crippen LogP contribution in [0.15, 0.2) is 12.4 Å². The fourth-order valence-electron chi connectivity index (χ4n) is 0.870. The lowest BCUT2D eigenvalue weighted by molar-refractivity contribution is 0.476. The Morgan fingerprint density at radius 2 is 2.31 bits per heavy atom. The monoisotopic (exact) mass is 316 g/mol. The molecular formula is C6H9IN2O3S. The lowest BCUT2D eigenvalue weighted by Gasteiger charge is -1.98. The molecule has 0 radical (unpaired) electrons. The first kappa shape index (κ1) is 10.9. The Kier molecular flexibility index (Phi) is 3.68. The third-order valence-electron chi connectivity index (χ3n) is 1.39. The van der Waals surface area contributed by atoms with Crippen molar-refractivity contribution in [3.63, 3.8) is 0 Å². The molecule has 1 heterocycles. The smallest absolute Gasteiger partial charge is 0.264 e. The first-order valence-electron chi connectivity index (χ1n) is 3.60. The van der Waals surface area contributed by atoms with E-state index in [9.17, 15) is 8.42 Å². The predicted molar refractivity (Wildman–Crippen MR) is 56.0 cm³/mol. The first-order valence-corrected chi connectivity index (χ1v) is 6.29. The predicted octanol–water partition coefficient (Wildman–Crippen LogP) is 0.766. The zero-order valence-electron chi connectivity index (χ0n) is 6.72. The van der Waals surface area contributed by atoms with Crippen molar-refractivity contribution in [2.45, 2.75) is 13.0 Å². The van der Waals surface area contributed by atoms with Gasteiger partial charge in [0.1, 0.15) is 0 Å². The summed E-state index contributed by atoms with van der Waals surface area (Å²) in [6, 6.07) is 0. The molecule has 0 saturated carbocycles. The Morgan fingerprint density at radius 3 is 2.77 bits per heavy atom. The molecule has 74 valence electrons. The van der Waals surface area contributed by atoms with E-state index in [-0.39, 0.29) is 5.75 Å². The largest absolute Gasteiger partial charge is 0.286 e. The molecule has 0 aromatic carbocycles. The highest BCUT2D eigenvalue weighted by molar-refractivity contribution is 14.1. The highest BCUT2D eigenvalue weighted by Crippen LogP contribution is 2.02. The summed E-state index contributed by atoms with van der Waals surface area (Å²) in [4.78, 5) is 0. The summed E-state index contributed by atoms with van der Waals surface area (Å²) in [5.74, 6) is -0.219. The Labute approximate surface area is 90.0 Å². The van der Waals surface area contributed by atoms with Crippen molar-refractivity contribution in [3.8, 4) is 0 Å². The van der Waals surface area contributed by atoms with Crippen LogP contribution in [-0.2, 0) is 16.7 Å². The van der Waals surface area contributed by atoms with Gasteiger partial charge in [0.15, 0.2) is 0 Å². The van der Waals surface area contributed by atoms with Gasteiger partial charge in [-0.1, -0.05) is 0 Å². The average molecular weight is 316 g/mol. The van der Waals surface area contributed by atoms with E-state index in [0.29, 0.717) is 13.0 Å². The minimum Gasteiger partial charge on any atom is -0.286 e. The van der Waals surface area contributed by atoms with Crippen LogP contribution in [0.2, 0.25) is 0 Å². The van der Waals surface area contributed by atoms with Gasteiger partial charge in [-0.15, -0.1) is 0 Å². The third kappa shape index (κ3) is 4.58. The Bertz CT molecular complexity index is 373. The van der Waals surface area contributed by atoms with Crippen LogP contribution in [-0.4, -0.2) is 28.5 Å². The molecule has 1 N–H and O–H groups in total. The number of rotatable bonds is 4. The summed E-state index contributed by atoms with van der Waals surface area (Å²) in [6.45, 7) is 0.503. The number of hydrogen-bond donors (Lipinski definition) is 1. The molecule has 0 spiro atoms. The number of hydrogen-bond acceptors (Lipinski definition) is 3. The second kappa shape index (κ2) is 4.38. The van der Waals surface area contributed by atoms with Gasteiger partial charge >= 0.3 is 0 Å². The maximum atomic E-state index is 10.4. The Morgan fingerprint density at radius 1 is 1.62 bits per heavy atom. The molecule has 0 unspecified atom stereocenters. The zero-order valence-corrected chi connectivity index (χ0v) is 9.69. The summed E-state index contributed by atoms with van der Waals surface area (Å²) < 4.78 is 31.8. The van der Waals surface area contributed by atoms with E-state index < -0.39 is 10.1 Å². The van der Waals surface area contributed by atoms with Crippen molar-refractivity contribution in [2.24, 2.45) is 0 Å². The molecule has 0 fully saturated rings. The number of nitrogens with zero attached hydrogens (tertiary/aromatic N) is 2. The van der Waals surface area contributed by atoms with Gasteiger partial charge in [-0.3, -0.25) is 9.23 Å². The van der Waals surface area contributed by atoms with E-state index >= 15 is 0 Å².